The predicted octanol–water partition coefficient (Wildman–Crippen LogP) is 1.62. The van der Waals surface area contributed by atoms with Crippen LogP contribution in [0, 0.1) is 0 Å². The maximum Gasteiger partial charge on any atom is 0.229 e. The third-order valence-corrected chi connectivity index (χ3v) is 3.43. The molecule has 8 nitrogen and oxygen atoms in total. The van der Waals surface area contributed by atoms with Gasteiger partial charge in [0, 0.05) is 31.5 Å². The van der Waals surface area contributed by atoms with E-state index in [1.54, 1.807) is 52.5 Å². The Morgan fingerprint density at radius 1 is 1.20 bits per heavy atom. The average Bonchev–Trinajstić information content (AvgIpc) is 2.60. The minimum absolute atomic E-state index is 0.124. The van der Waals surface area contributed by atoms with E-state index in [9.17, 15) is 5.11 Å². The summed E-state index contributed by atoms with van der Waals surface area (Å²) in [5.74, 6) is 2.28. The molecule has 2 rings (SSSR count). The minimum Gasteiger partial charge on any atom is -0.493 e. The van der Waals surface area contributed by atoms with Crippen molar-refractivity contribution in [3.05, 3.63) is 30.5 Å². The lowest BCUT2D eigenvalue weighted by molar-refractivity contribution is 0.0131. The smallest absolute Gasteiger partial charge is 0.229 e. The molecule has 0 aliphatic heterocycles. The van der Waals surface area contributed by atoms with E-state index >= 15 is 0 Å². The van der Waals surface area contributed by atoms with Crippen LogP contribution >= 0.6 is 0 Å². The van der Waals surface area contributed by atoms with Crippen LogP contribution in [0.4, 0.5) is 17.5 Å². The monoisotopic (exact) mass is 347 g/mol. The Morgan fingerprint density at radius 2 is 2.00 bits per heavy atom. The van der Waals surface area contributed by atoms with Gasteiger partial charge in [0.05, 0.1) is 7.11 Å². The van der Waals surface area contributed by atoms with Gasteiger partial charge in [-0.3, -0.25) is 0 Å². The summed E-state index contributed by atoms with van der Waals surface area (Å²) in [6.45, 7) is 2.24. The zero-order chi connectivity index (χ0) is 18.3. The molecule has 0 bridgehead atoms. The zero-order valence-corrected chi connectivity index (χ0v) is 15.0. The number of ether oxygens (including phenoxy) is 2. The lowest BCUT2D eigenvalue weighted by atomic mass is 10.1. The molecule has 0 spiro atoms. The molecule has 1 aromatic heterocycles. The zero-order valence-electron chi connectivity index (χ0n) is 15.0. The SMILES string of the molecule is CNC[C@](C)(O)COc1cc(Nc2nccc(NC)n2)ccc1OC. The number of nitrogens with zero attached hydrogens (tertiary/aromatic N) is 2. The molecular weight excluding hydrogens is 322 g/mol. The van der Waals surface area contributed by atoms with Gasteiger partial charge < -0.3 is 30.5 Å². The molecule has 0 saturated carbocycles. The van der Waals surface area contributed by atoms with Gasteiger partial charge in [-0.05, 0) is 32.2 Å². The van der Waals surface area contributed by atoms with Crippen LogP contribution in [0.25, 0.3) is 0 Å². The van der Waals surface area contributed by atoms with Crippen LogP contribution < -0.4 is 25.4 Å². The van der Waals surface area contributed by atoms with E-state index in [-0.39, 0.29) is 6.61 Å². The second-order valence-corrected chi connectivity index (χ2v) is 5.82. The Labute approximate surface area is 147 Å². The number of likely N-dealkylation sites (N-methyl/N-ethyl adjacent to an activating group) is 1. The Hall–Kier alpha value is -2.58. The van der Waals surface area contributed by atoms with Crippen LogP contribution in [0.2, 0.25) is 0 Å². The highest BCUT2D eigenvalue weighted by Crippen LogP contribution is 2.31. The summed E-state index contributed by atoms with van der Waals surface area (Å²) >= 11 is 0. The molecule has 1 atom stereocenters. The number of nitrogens with one attached hydrogen (secondary N) is 3. The van der Waals surface area contributed by atoms with Crippen LogP contribution in [-0.2, 0) is 0 Å². The third-order valence-electron chi connectivity index (χ3n) is 3.43. The van der Waals surface area contributed by atoms with Gasteiger partial charge in [0.1, 0.15) is 18.0 Å². The Kier molecular flexibility index (Phi) is 6.37. The highest BCUT2D eigenvalue weighted by atomic mass is 16.5. The van der Waals surface area contributed by atoms with Gasteiger partial charge in [0.15, 0.2) is 11.5 Å². The molecule has 136 valence electrons. The van der Waals surface area contributed by atoms with Crippen molar-refractivity contribution in [2.24, 2.45) is 0 Å². The summed E-state index contributed by atoms with van der Waals surface area (Å²) in [6.07, 6.45) is 1.66. The first-order chi connectivity index (χ1) is 12.0. The maximum absolute atomic E-state index is 10.2. The molecular formula is C17H25N5O3. The van der Waals surface area contributed by atoms with E-state index in [4.69, 9.17) is 9.47 Å². The highest BCUT2D eigenvalue weighted by Gasteiger charge is 2.21. The molecule has 8 heteroatoms. The fraction of sp³-hybridized carbons (Fsp3) is 0.412. The summed E-state index contributed by atoms with van der Waals surface area (Å²) in [4.78, 5) is 8.50. The van der Waals surface area contributed by atoms with Crippen molar-refractivity contribution < 1.29 is 14.6 Å². The number of anilines is 3. The van der Waals surface area contributed by atoms with E-state index in [1.165, 1.54) is 0 Å². The van der Waals surface area contributed by atoms with Gasteiger partial charge in [0.2, 0.25) is 5.95 Å². The maximum atomic E-state index is 10.2. The van der Waals surface area contributed by atoms with Crippen LogP contribution in [0.3, 0.4) is 0 Å². The molecule has 0 aliphatic carbocycles. The summed E-state index contributed by atoms with van der Waals surface area (Å²) < 4.78 is 11.1. The largest absolute Gasteiger partial charge is 0.493 e. The lowest BCUT2D eigenvalue weighted by Gasteiger charge is -2.23. The highest BCUT2D eigenvalue weighted by molar-refractivity contribution is 5.60. The van der Waals surface area contributed by atoms with Gasteiger partial charge in [-0.1, -0.05) is 0 Å². The molecule has 0 unspecified atom stereocenters. The van der Waals surface area contributed by atoms with Crippen LogP contribution in [0.5, 0.6) is 11.5 Å². The van der Waals surface area contributed by atoms with Crippen molar-refractivity contribution in [1.82, 2.24) is 15.3 Å². The van der Waals surface area contributed by atoms with Gasteiger partial charge in [0.25, 0.3) is 0 Å². The number of hydrogen-bond donors (Lipinski definition) is 4. The quantitative estimate of drug-likeness (QED) is 0.543. The standard InChI is InChI=1S/C17H25N5O3/c1-17(23,10-18-2)11-25-14-9-12(5-6-13(14)24-4)21-16-20-8-7-15(19-3)22-16/h5-9,18,23H,10-11H2,1-4H3,(H2,19,20,21,22)/t17-/m0/s1. The number of aromatic nitrogens is 2. The van der Waals surface area contributed by atoms with Gasteiger partial charge in [-0.15, -0.1) is 0 Å². The number of hydrogen-bond acceptors (Lipinski definition) is 8. The first-order valence-electron chi connectivity index (χ1n) is 7.93. The molecule has 0 amide bonds. The summed E-state index contributed by atoms with van der Waals surface area (Å²) in [5.41, 5.74) is -0.245. The van der Waals surface area contributed by atoms with Crippen LogP contribution in [-0.4, -0.2) is 55.0 Å². The van der Waals surface area contributed by atoms with Crippen LogP contribution in [0.1, 0.15) is 6.92 Å². The molecule has 25 heavy (non-hydrogen) atoms. The topological polar surface area (TPSA) is 101 Å². The summed E-state index contributed by atoms with van der Waals surface area (Å²) in [7, 11) is 5.14. The lowest BCUT2D eigenvalue weighted by Crippen LogP contribution is -2.41. The molecule has 4 N–H and O–H groups in total. The first-order valence-corrected chi connectivity index (χ1v) is 7.93. The van der Waals surface area contributed by atoms with Crippen molar-refractivity contribution in [2.75, 3.05) is 45.0 Å². The molecule has 0 saturated heterocycles. The number of methoxy groups -OCH3 is 1. The first kappa shape index (κ1) is 18.8. The van der Waals surface area contributed by atoms with E-state index < -0.39 is 5.60 Å². The molecule has 2 aromatic rings. The predicted molar refractivity (Wildman–Crippen MR) is 97.9 cm³/mol. The Balaban J connectivity index is 2.15. The average molecular weight is 347 g/mol. The normalized spacial score (nSPS) is 13.0. The van der Waals surface area contributed by atoms with E-state index in [0.29, 0.717) is 29.8 Å². The van der Waals surface area contributed by atoms with Crippen molar-refractivity contribution >= 4 is 17.5 Å². The second-order valence-electron chi connectivity index (χ2n) is 5.82. The molecule has 0 aliphatic rings. The Bertz CT molecular complexity index is 694. The third kappa shape index (κ3) is 5.47. The number of benzene rings is 1. The van der Waals surface area contributed by atoms with Gasteiger partial charge >= 0.3 is 0 Å². The fourth-order valence-electron chi connectivity index (χ4n) is 2.22. The molecule has 1 heterocycles. The van der Waals surface area contributed by atoms with E-state index in [1.807, 2.05) is 6.07 Å². The van der Waals surface area contributed by atoms with Crippen LogP contribution in [0.15, 0.2) is 30.5 Å². The van der Waals surface area contributed by atoms with Crippen molar-refractivity contribution in [2.45, 2.75) is 12.5 Å². The number of aliphatic hydroxyl groups is 1. The molecule has 1 aromatic carbocycles. The van der Waals surface area contributed by atoms with Gasteiger partial charge in [-0.2, -0.15) is 4.98 Å². The van der Waals surface area contributed by atoms with E-state index in [2.05, 4.69) is 25.9 Å². The number of rotatable bonds is 9. The van der Waals surface area contributed by atoms with Crippen molar-refractivity contribution in [3.63, 3.8) is 0 Å². The van der Waals surface area contributed by atoms with Crippen molar-refractivity contribution in [3.8, 4) is 11.5 Å². The van der Waals surface area contributed by atoms with Gasteiger partial charge in [-0.25, -0.2) is 4.98 Å². The fourth-order valence-corrected chi connectivity index (χ4v) is 2.22. The minimum atomic E-state index is -0.993. The second kappa shape index (κ2) is 8.50. The Morgan fingerprint density at radius 3 is 2.68 bits per heavy atom. The van der Waals surface area contributed by atoms with E-state index in [0.717, 1.165) is 5.69 Å². The summed E-state index contributed by atoms with van der Waals surface area (Å²) in [6, 6.07) is 7.18. The molecule has 0 fully saturated rings. The summed E-state index contributed by atoms with van der Waals surface area (Å²) in [5, 5.41) is 19.2. The van der Waals surface area contributed by atoms with Crippen molar-refractivity contribution in [1.29, 1.82) is 0 Å². The molecule has 0 radical (unpaired) electrons.